The summed E-state index contributed by atoms with van der Waals surface area (Å²) < 4.78 is 0. The largest absolute Gasteiger partial charge is 0.294 e. The van der Waals surface area contributed by atoms with Crippen LogP contribution in [0.2, 0.25) is 0 Å². The van der Waals surface area contributed by atoms with Gasteiger partial charge in [-0.05, 0) is 18.2 Å². The van der Waals surface area contributed by atoms with E-state index in [-0.39, 0.29) is 5.78 Å². The summed E-state index contributed by atoms with van der Waals surface area (Å²) in [5.41, 5.74) is 0.648. The lowest BCUT2D eigenvalue weighted by atomic mass is 10.1. The van der Waals surface area contributed by atoms with E-state index in [1.54, 1.807) is 12.1 Å². The van der Waals surface area contributed by atoms with E-state index in [0.717, 1.165) is 4.90 Å². The number of hydrogen-bond donors (Lipinski definition) is 2. The molecule has 4 heteroatoms. The van der Waals surface area contributed by atoms with Crippen LogP contribution in [-0.2, 0) is 0 Å². The fourth-order valence-corrected chi connectivity index (χ4v) is 1.80. The molecule has 0 aliphatic rings. The van der Waals surface area contributed by atoms with Gasteiger partial charge in [0.1, 0.15) is 0 Å². The van der Waals surface area contributed by atoms with Gasteiger partial charge in [0.15, 0.2) is 5.78 Å². The highest BCUT2D eigenvalue weighted by molar-refractivity contribution is 9.09. The minimum absolute atomic E-state index is 0.0952. The molecule has 0 bridgehead atoms. The Hall–Kier alpha value is 0.0700. The minimum Gasteiger partial charge on any atom is -0.294 e. The SMILES string of the molecule is O=C(CCBr)c1cc(S)ccc1S. The summed E-state index contributed by atoms with van der Waals surface area (Å²) in [5.74, 6) is 0.0952. The number of hydrogen-bond acceptors (Lipinski definition) is 3. The molecule has 0 unspecified atom stereocenters. The number of benzene rings is 1. The Morgan fingerprint density at radius 3 is 2.69 bits per heavy atom. The van der Waals surface area contributed by atoms with Gasteiger partial charge in [-0.1, -0.05) is 15.9 Å². The maximum atomic E-state index is 11.5. The highest BCUT2D eigenvalue weighted by atomic mass is 79.9. The van der Waals surface area contributed by atoms with E-state index in [4.69, 9.17) is 0 Å². The Kier molecular flexibility index (Phi) is 4.35. The van der Waals surface area contributed by atoms with Crippen LogP contribution in [0.15, 0.2) is 28.0 Å². The molecule has 0 fully saturated rings. The number of Topliss-reactive ketones (excluding diaryl/α,β-unsaturated/α-hetero) is 1. The van der Waals surface area contributed by atoms with Gasteiger partial charge in [-0.15, -0.1) is 25.3 Å². The normalized spacial score (nSPS) is 10.1. The molecule has 0 amide bonds. The third-order valence-electron chi connectivity index (χ3n) is 1.60. The van der Waals surface area contributed by atoms with Crippen LogP contribution in [-0.4, -0.2) is 11.1 Å². The zero-order valence-corrected chi connectivity index (χ0v) is 10.2. The Morgan fingerprint density at radius 2 is 2.08 bits per heavy atom. The molecule has 0 N–H and O–H groups in total. The molecule has 0 saturated heterocycles. The van der Waals surface area contributed by atoms with Gasteiger partial charge in [0, 0.05) is 27.1 Å². The predicted molar refractivity (Wildman–Crippen MR) is 63.7 cm³/mol. The Morgan fingerprint density at radius 1 is 1.38 bits per heavy atom. The first-order chi connectivity index (χ1) is 6.15. The average Bonchev–Trinajstić information content (AvgIpc) is 2.09. The van der Waals surface area contributed by atoms with Gasteiger partial charge < -0.3 is 0 Å². The van der Waals surface area contributed by atoms with Crippen LogP contribution in [0.3, 0.4) is 0 Å². The van der Waals surface area contributed by atoms with Crippen molar-refractivity contribution in [3.63, 3.8) is 0 Å². The first kappa shape index (κ1) is 11.1. The first-order valence-electron chi connectivity index (χ1n) is 3.76. The molecule has 1 nitrogen and oxygen atoms in total. The molecule has 13 heavy (non-hydrogen) atoms. The number of ketones is 1. The lowest BCUT2D eigenvalue weighted by Crippen LogP contribution is -2.00. The second-order valence-corrected chi connectivity index (χ2v) is 4.35. The van der Waals surface area contributed by atoms with Crippen LogP contribution in [0, 0.1) is 0 Å². The smallest absolute Gasteiger partial charge is 0.164 e. The maximum Gasteiger partial charge on any atom is 0.164 e. The molecular formula is C9H9BrOS2. The van der Waals surface area contributed by atoms with Crippen LogP contribution >= 0.6 is 41.2 Å². The monoisotopic (exact) mass is 276 g/mol. The fourth-order valence-electron chi connectivity index (χ4n) is 0.968. The second kappa shape index (κ2) is 5.08. The molecule has 70 valence electrons. The van der Waals surface area contributed by atoms with E-state index in [1.165, 1.54) is 0 Å². The summed E-state index contributed by atoms with van der Waals surface area (Å²) in [6.07, 6.45) is 0.491. The van der Waals surface area contributed by atoms with Gasteiger partial charge in [0.2, 0.25) is 0 Å². The van der Waals surface area contributed by atoms with Gasteiger partial charge in [-0.2, -0.15) is 0 Å². The number of carbonyl (C=O) groups excluding carboxylic acids is 1. The number of alkyl halides is 1. The van der Waals surface area contributed by atoms with Crippen molar-refractivity contribution in [2.45, 2.75) is 16.2 Å². The summed E-state index contributed by atoms with van der Waals surface area (Å²) in [6, 6.07) is 5.35. The fraction of sp³-hybridized carbons (Fsp3) is 0.222. The molecule has 0 saturated carbocycles. The number of rotatable bonds is 3. The van der Waals surface area contributed by atoms with Gasteiger partial charge >= 0.3 is 0 Å². The van der Waals surface area contributed by atoms with E-state index in [9.17, 15) is 4.79 Å². The summed E-state index contributed by atoms with van der Waals surface area (Å²) in [7, 11) is 0. The number of halogens is 1. The molecule has 0 spiro atoms. The number of carbonyl (C=O) groups is 1. The average molecular weight is 277 g/mol. The Balaban J connectivity index is 2.99. The first-order valence-corrected chi connectivity index (χ1v) is 5.78. The second-order valence-electron chi connectivity index (χ2n) is 2.56. The molecule has 0 atom stereocenters. The molecule has 1 aromatic carbocycles. The third kappa shape index (κ3) is 3.04. The van der Waals surface area contributed by atoms with Crippen LogP contribution in [0.1, 0.15) is 16.8 Å². The van der Waals surface area contributed by atoms with Crippen molar-refractivity contribution >= 4 is 47.0 Å². The van der Waals surface area contributed by atoms with Crippen molar-refractivity contribution in [3.05, 3.63) is 23.8 Å². The molecule has 0 heterocycles. The summed E-state index contributed by atoms with van der Waals surface area (Å²) in [6.45, 7) is 0. The molecule has 0 aromatic heterocycles. The highest BCUT2D eigenvalue weighted by Crippen LogP contribution is 2.19. The van der Waals surface area contributed by atoms with Crippen molar-refractivity contribution < 1.29 is 4.79 Å². The van der Waals surface area contributed by atoms with Gasteiger partial charge in [0.25, 0.3) is 0 Å². The third-order valence-corrected chi connectivity index (χ3v) is 2.67. The highest BCUT2D eigenvalue weighted by Gasteiger charge is 2.08. The van der Waals surface area contributed by atoms with Crippen molar-refractivity contribution in [1.29, 1.82) is 0 Å². The number of thiol groups is 2. The van der Waals surface area contributed by atoms with E-state index in [0.29, 0.717) is 22.2 Å². The van der Waals surface area contributed by atoms with Crippen molar-refractivity contribution in [2.24, 2.45) is 0 Å². The Bertz CT molecular complexity index is 325. The van der Waals surface area contributed by atoms with E-state index in [2.05, 4.69) is 41.2 Å². The van der Waals surface area contributed by atoms with Gasteiger partial charge in [0.05, 0.1) is 0 Å². The molecule has 0 radical (unpaired) electrons. The Labute approximate surface area is 96.9 Å². The van der Waals surface area contributed by atoms with Crippen LogP contribution in [0.5, 0.6) is 0 Å². The predicted octanol–water partition coefficient (Wildman–Crippen LogP) is 3.23. The lowest BCUT2D eigenvalue weighted by Gasteiger charge is -2.03. The van der Waals surface area contributed by atoms with E-state index in [1.807, 2.05) is 6.07 Å². The topological polar surface area (TPSA) is 17.1 Å². The summed E-state index contributed by atoms with van der Waals surface area (Å²) in [4.78, 5) is 13.0. The molecule has 1 aromatic rings. The summed E-state index contributed by atoms with van der Waals surface area (Å²) >= 11 is 11.6. The molecule has 0 aliphatic carbocycles. The minimum atomic E-state index is 0.0952. The van der Waals surface area contributed by atoms with E-state index >= 15 is 0 Å². The van der Waals surface area contributed by atoms with Crippen molar-refractivity contribution in [1.82, 2.24) is 0 Å². The summed E-state index contributed by atoms with van der Waals surface area (Å²) in [5, 5.41) is 0.676. The molecule has 1 rings (SSSR count). The maximum absolute atomic E-state index is 11.5. The van der Waals surface area contributed by atoms with Crippen LogP contribution in [0.4, 0.5) is 0 Å². The quantitative estimate of drug-likeness (QED) is 0.493. The van der Waals surface area contributed by atoms with E-state index < -0.39 is 0 Å². The van der Waals surface area contributed by atoms with Crippen LogP contribution < -0.4 is 0 Å². The van der Waals surface area contributed by atoms with Crippen LogP contribution in [0.25, 0.3) is 0 Å². The zero-order chi connectivity index (χ0) is 9.84. The van der Waals surface area contributed by atoms with Crippen molar-refractivity contribution in [3.8, 4) is 0 Å². The van der Waals surface area contributed by atoms with Crippen molar-refractivity contribution in [2.75, 3.05) is 5.33 Å². The van der Waals surface area contributed by atoms with Gasteiger partial charge in [-0.25, -0.2) is 0 Å². The molecular weight excluding hydrogens is 268 g/mol. The molecule has 0 aliphatic heterocycles. The lowest BCUT2D eigenvalue weighted by molar-refractivity contribution is 0.0987. The van der Waals surface area contributed by atoms with Gasteiger partial charge in [-0.3, -0.25) is 4.79 Å². The standard InChI is InChI=1S/C9H9BrOS2/c10-4-3-8(11)7-5-6(12)1-2-9(7)13/h1-2,5,12-13H,3-4H2. The zero-order valence-electron chi connectivity index (χ0n) is 6.83.